The van der Waals surface area contributed by atoms with Crippen LogP contribution in [0.3, 0.4) is 0 Å². The monoisotopic (exact) mass is 1010 g/mol. The number of aromatic nitrogens is 8. The molecule has 2 aliphatic carbocycles. The number of halogens is 4. The van der Waals surface area contributed by atoms with E-state index < -0.39 is 23.3 Å². The van der Waals surface area contributed by atoms with Gasteiger partial charge in [-0.05, 0) is 123 Å². The van der Waals surface area contributed by atoms with E-state index in [4.69, 9.17) is 9.47 Å². The number of nitrogens with zero attached hydrogens (tertiary/aromatic N) is 10. The normalized spacial score (nSPS) is 19.0. The molecule has 14 nitrogen and oxygen atoms in total. The summed E-state index contributed by atoms with van der Waals surface area (Å²) in [6.07, 6.45) is 15.5. The highest BCUT2D eigenvalue weighted by atomic mass is 19.1. The number of hydrogen-bond acceptors (Lipinski definition) is 12. The van der Waals surface area contributed by atoms with E-state index in [1.165, 1.54) is 101 Å². The minimum atomic E-state index is -0.546. The van der Waals surface area contributed by atoms with Crippen LogP contribution in [0.4, 0.5) is 28.9 Å². The van der Waals surface area contributed by atoms with Crippen molar-refractivity contribution < 1.29 is 36.6 Å². The summed E-state index contributed by atoms with van der Waals surface area (Å²) < 4.78 is 73.4. The number of carbonyl (C=O) groups is 2. The van der Waals surface area contributed by atoms with Gasteiger partial charge in [0, 0.05) is 81.5 Å². The van der Waals surface area contributed by atoms with Crippen LogP contribution in [0.1, 0.15) is 83.5 Å². The lowest BCUT2D eigenvalue weighted by molar-refractivity contribution is 0.0980. The van der Waals surface area contributed by atoms with Gasteiger partial charge in [-0.25, -0.2) is 37.5 Å². The van der Waals surface area contributed by atoms with E-state index in [0.29, 0.717) is 46.1 Å². The topological polar surface area (TPSA) is 146 Å². The molecule has 380 valence electrons. The standard InChI is InChI=1S/2C28H27F2N5O2/c1-34-27-19(14-32-34)26(35-15-16-6-8-18(35)9-7-16)17(12-21(27)30)13-23(36)22-10-11-31-28(33-22)25-20(29)4-3-5-24(25)37-2;1-34-15-19-26(33-34)21(30)12-17(27(19)35-14-16-6-8-18(35)9-7-16)13-23(36)22-10-11-31-28(32-22)25-20(29)4-3-5-24(25)37-2/h3-5,10-12,14,16,18H,6-9,13,15H2,1-2H3;3-5,10-12,15-16,18H,6-9,13-14H2,1-2H3. The predicted octanol–water partition coefficient (Wildman–Crippen LogP) is 10.2. The molecular weight excluding hydrogens is 953 g/mol. The number of hydrogen-bond donors (Lipinski definition) is 0. The Morgan fingerprint density at radius 2 is 1.11 bits per heavy atom. The molecule has 4 aromatic carbocycles. The lowest BCUT2D eigenvalue weighted by Crippen LogP contribution is -2.48. The third kappa shape index (κ3) is 8.97. The van der Waals surface area contributed by atoms with Crippen LogP contribution in [0.15, 0.2) is 85.5 Å². The summed E-state index contributed by atoms with van der Waals surface area (Å²) in [6, 6.07) is 15.5. The summed E-state index contributed by atoms with van der Waals surface area (Å²) in [4.78, 5) is 48.8. The number of ketones is 2. The Morgan fingerprint density at radius 1 is 0.622 bits per heavy atom. The molecule has 6 aliphatic rings. The Bertz CT molecular complexity index is 3320. The zero-order valence-electron chi connectivity index (χ0n) is 41.5. The van der Waals surface area contributed by atoms with E-state index in [0.717, 1.165) is 60.9 Å². The first kappa shape index (κ1) is 48.5. The van der Waals surface area contributed by atoms with Crippen LogP contribution in [0.5, 0.6) is 11.5 Å². The number of rotatable bonds is 12. The lowest BCUT2D eigenvalue weighted by Gasteiger charge is -2.47. The van der Waals surface area contributed by atoms with Crippen LogP contribution in [-0.2, 0) is 26.9 Å². The SMILES string of the molecule is COc1cccc(F)c1-c1nccc(C(=O)Cc2cc(F)c3c(cnn3C)c2N2CC3CCC2CC3)n1.COc1cccc(F)c1-c1nccc(C(=O)Cc2cc(F)c3nn(C)cc3c2N2CC3CCC2CC3)n1. The van der Waals surface area contributed by atoms with Crippen LogP contribution in [0.25, 0.3) is 44.6 Å². The molecule has 8 heterocycles. The Balaban J connectivity index is 0.000000159. The highest BCUT2D eigenvalue weighted by molar-refractivity contribution is 6.02. The molecule has 4 bridgehead atoms. The Morgan fingerprint density at radius 3 is 1.58 bits per heavy atom. The molecule has 0 N–H and O–H groups in total. The maximum atomic E-state index is 15.3. The fraction of sp³-hybridized carbons (Fsp3) is 0.357. The number of ether oxygens (including phenoxy) is 2. The molecular formula is C56H54F4N10O4. The summed E-state index contributed by atoms with van der Waals surface area (Å²) in [5.41, 5.74) is 4.18. The molecule has 0 spiro atoms. The van der Waals surface area contributed by atoms with Gasteiger partial charge in [-0.1, -0.05) is 12.1 Å². The summed E-state index contributed by atoms with van der Waals surface area (Å²) in [7, 11) is 6.37. The molecule has 74 heavy (non-hydrogen) atoms. The van der Waals surface area contributed by atoms with Gasteiger partial charge >= 0.3 is 0 Å². The number of aryl methyl sites for hydroxylation is 2. The van der Waals surface area contributed by atoms with Gasteiger partial charge in [-0.15, -0.1) is 0 Å². The van der Waals surface area contributed by atoms with Crippen molar-refractivity contribution in [1.29, 1.82) is 0 Å². The van der Waals surface area contributed by atoms with Gasteiger partial charge in [0.25, 0.3) is 0 Å². The molecule has 2 saturated carbocycles. The summed E-state index contributed by atoms with van der Waals surface area (Å²) in [5.74, 6) is -0.692. The van der Waals surface area contributed by atoms with Crippen LogP contribution < -0.4 is 19.3 Å². The molecule has 6 fully saturated rings. The second-order valence-electron chi connectivity index (χ2n) is 19.8. The highest BCUT2D eigenvalue weighted by Crippen LogP contribution is 2.45. The first-order valence-electron chi connectivity index (χ1n) is 25.1. The fourth-order valence-electron chi connectivity index (χ4n) is 11.9. The van der Waals surface area contributed by atoms with Crippen molar-refractivity contribution in [3.05, 3.63) is 131 Å². The summed E-state index contributed by atoms with van der Waals surface area (Å²) >= 11 is 0. The van der Waals surface area contributed by atoms with E-state index in [2.05, 4.69) is 39.9 Å². The number of methoxy groups -OCH3 is 2. The van der Waals surface area contributed by atoms with Gasteiger partial charge in [0.1, 0.15) is 51.4 Å². The average molecular weight is 1010 g/mol. The third-order valence-corrected chi connectivity index (χ3v) is 15.4. The maximum absolute atomic E-state index is 15.3. The molecule has 0 unspecified atom stereocenters. The molecule has 18 heteroatoms. The number of carbonyl (C=O) groups excluding carboxylic acids is 2. The number of anilines is 2. The lowest BCUT2D eigenvalue weighted by atomic mass is 9.79. The first-order chi connectivity index (χ1) is 35.9. The van der Waals surface area contributed by atoms with Gasteiger partial charge in [-0.3, -0.25) is 19.0 Å². The van der Waals surface area contributed by atoms with Crippen molar-refractivity contribution >= 4 is 44.7 Å². The van der Waals surface area contributed by atoms with E-state index in [1.807, 2.05) is 6.20 Å². The molecule has 4 aliphatic heterocycles. The van der Waals surface area contributed by atoms with Crippen molar-refractivity contribution in [2.45, 2.75) is 76.3 Å². The molecule has 4 aromatic heterocycles. The van der Waals surface area contributed by atoms with Crippen LogP contribution in [0.2, 0.25) is 0 Å². The number of Topliss-reactive ketones (excluding diaryl/α,β-unsaturated/α-hetero) is 2. The van der Waals surface area contributed by atoms with E-state index in [-0.39, 0.29) is 70.1 Å². The Labute approximate surface area is 424 Å². The number of piperidine rings is 4. The maximum Gasteiger partial charge on any atom is 0.185 e. The minimum absolute atomic E-state index is 0.0458. The highest BCUT2D eigenvalue weighted by Gasteiger charge is 2.38. The minimum Gasteiger partial charge on any atom is -0.496 e. The molecule has 0 radical (unpaired) electrons. The van der Waals surface area contributed by atoms with E-state index >= 15 is 8.78 Å². The van der Waals surface area contributed by atoms with Gasteiger partial charge in [-0.2, -0.15) is 10.2 Å². The zero-order chi connectivity index (χ0) is 51.4. The largest absolute Gasteiger partial charge is 0.496 e. The van der Waals surface area contributed by atoms with Gasteiger partial charge < -0.3 is 19.3 Å². The predicted molar refractivity (Wildman–Crippen MR) is 272 cm³/mol. The van der Waals surface area contributed by atoms with Crippen LogP contribution >= 0.6 is 0 Å². The Hall–Kier alpha value is -7.76. The number of fused-ring (bicyclic) bond motifs is 8. The van der Waals surface area contributed by atoms with Crippen LogP contribution in [0, 0.1) is 35.1 Å². The third-order valence-electron chi connectivity index (χ3n) is 15.4. The fourth-order valence-corrected chi connectivity index (χ4v) is 11.9. The van der Waals surface area contributed by atoms with Crippen molar-refractivity contribution in [3.63, 3.8) is 0 Å². The zero-order valence-corrected chi connectivity index (χ0v) is 41.5. The summed E-state index contributed by atoms with van der Waals surface area (Å²) in [5, 5.41) is 10.1. The molecule has 0 amide bonds. The van der Waals surface area contributed by atoms with Crippen LogP contribution in [-0.4, -0.2) is 90.5 Å². The Kier molecular flexibility index (Phi) is 13.1. The van der Waals surface area contributed by atoms with Gasteiger partial charge in [0.2, 0.25) is 0 Å². The van der Waals surface area contributed by atoms with Crippen molar-refractivity contribution in [1.82, 2.24) is 39.5 Å². The molecule has 8 aromatic rings. The van der Waals surface area contributed by atoms with E-state index in [9.17, 15) is 18.4 Å². The molecule has 14 rings (SSSR count). The smallest absolute Gasteiger partial charge is 0.185 e. The average Bonchev–Trinajstić information content (AvgIpc) is 4.02. The number of benzene rings is 4. The van der Waals surface area contributed by atoms with Gasteiger partial charge in [0.15, 0.2) is 29.0 Å². The second-order valence-corrected chi connectivity index (χ2v) is 19.8. The molecule has 4 saturated heterocycles. The van der Waals surface area contributed by atoms with Crippen molar-refractivity contribution in [2.24, 2.45) is 25.9 Å². The van der Waals surface area contributed by atoms with Crippen molar-refractivity contribution in [2.75, 3.05) is 37.1 Å². The molecule has 0 atom stereocenters. The second kappa shape index (κ2) is 19.9. The first-order valence-corrected chi connectivity index (χ1v) is 25.1. The summed E-state index contributed by atoms with van der Waals surface area (Å²) in [6.45, 7) is 1.79. The van der Waals surface area contributed by atoms with Gasteiger partial charge in [0.05, 0.1) is 42.9 Å². The quantitative estimate of drug-likeness (QED) is 0.0848. The van der Waals surface area contributed by atoms with Crippen molar-refractivity contribution in [3.8, 4) is 34.3 Å². The van der Waals surface area contributed by atoms with E-state index in [1.54, 1.807) is 41.8 Å².